The summed E-state index contributed by atoms with van der Waals surface area (Å²) in [6, 6.07) is 19.8. The van der Waals surface area contributed by atoms with Crippen LogP contribution >= 0.6 is 0 Å². The van der Waals surface area contributed by atoms with Gasteiger partial charge in [0.1, 0.15) is 0 Å². The lowest BCUT2D eigenvalue weighted by Gasteiger charge is -2.30. The fourth-order valence-corrected chi connectivity index (χ4v) is 3.48. The molecule has 0 atom stereocenters. The van der Waals surface area contributed by atoms with Gasteiger partial charge >= 0.3 is 0 Å². The summed E-state index contributed by atoms with van der Waals surface area (Å²) in [4.78, 5) is 19.2. The maximum Gasteiger partial charge on any atom is 0.255 e. The lowest BCUT2D eigenvalue weighted by molar-refractivity contribution is 0.102. The van der Waals surface area contributed by atoms with E-state index in [-0.39, 0.29) is 5.91 Å². The van der Waals surface area contributed by atoms with Gasteiger partial charge < -0.3 is 5.32 Å². The Morgan fingerprint density at radius 2 is 1.81 bits per heavy atom. The van der Waals surface area contributed by atoms with Gasteiger partial charge in [-0.05, 0) is 53.4 Å². The first-order valence-electron chi connectivity index (χ1n) is 8.88. The van der Waals surface area contributed by atoms with E-state index in [0.29, 0.717) is 0 Å². The third kappa shape index (κ3) is 3.65. The van der Waals surface area contributed by atoms with Crippen molar-refractivity contribution < 1.29 is 4.79 Å². The summed E-state index contributed by atoms with van der Waals surface area (Å²) < 4.78 is 0. The molecule has 0 saturated heterocycles. The summed E-state index contributed by atoms with van der Waals surface area (Å²) >= 11 is 0. The molecule has 0 spiro atoms. The van der Waals surface area contributed by atoms with Gasteiger partial charge in [0.2, 0.25) is 0 Å². The fraction of sp³-hybridized carbons (Fsp3) is 0.182. The predicted molar refractivity (Wildman–Crippen MR) is 103 cm³/mol. The Kier molecular flexibility index (Phi) is 4.75. The zero-order valence-corrected chi connectivity index (χ0v) is 14.6. The Morgan fingerprint density at radius 1 is 1.00 bits per heavy atom. The highest BCUT2D eigenvalue weighted by Crippen LogP contribution is 2.24. The van der Waals surface area contributed by atoms with Crippen molar-refractivity contribution in [3.05, 3.63) is 95.3 Å². The van der Waals surface area contributed by atoms with Crippen molar-refractivity contribution in [2.45, 2.75) is 19.5 Å². The van der Waals surface area contributed by atoms with Crippen LogP contribution in [0.25, 0.3) is 0 Å². The number of benzene rings is 2. The van der Waals surface area contributed by atoms with Crippen LogP contribution in [0.15, 0.2) is 73.1 Å². The van der Waals surface area contributed by atoms with Gasteiger partial charge in [-0.1, -0.05) is 30.3 Å². The number of amides is 1. The second-order valence-electron chi connectivity index (χ2n) is 6.58. The minimum atomic E-state index is -0.0318. The largest absolute Gasteiger partial charge is 0.322 e. The lowest BCUT2D eigenvalue weighted by atomic mass is 9.93. The van der Waals surface area contributed by atoms with Crippen LogP contribution in [-0.2, 0) is 19.5 Å². The zero-order chi connectivity index (χ0) is 17.8. The van der Waals surface area contributed by atoms with Gasteiger partial charge in [-0.2, -0.15) is 0 Å². The molecule has 130 valence electrons. The maximum absolute atomic E-state index is 12.7. The summed E-state index contributed by atoms with van der Waals surface area (Å²) in [7, 11) is 0. The topological polar surface area (TPSA) is 45.2 Å². The fourth-order valence-electron chi connectivity index (χ4n) is 3.48. The van der Waals surface area contributed by atoms with Crippen LogP contribution in [-0.4, -0.2) is 22.3 Å². The van der Waals surface area contributed by atoms with Crippen molar-refractivity contribution in [2.75, 3.05) is 11.9 Å². The third-order valence-electron chi connectivity index (χ3n) is 4.78. The number of pyridine rings is 1. The Hall–Kier alpha value is -2.98. The van der Waals surface area contributed by atoms with E-state index in [0.717, 1.165) is 37.3 Å². The first-order valence-corrected chi connectivity index (χ1v) is 8.88. The number of hydrogen-bond donors (Lipinski definition) is 1. The molecule has 2 aromatic carbocycles. The maximum atomic E-state index is 12.7. The van der Waals surface area contributed by atoms with E-state index in [9.17, 15) is 4.79 Å². The molecule has 4 nitrogen and oxygen atoms in total. The molecule has 1 amide bonds. The number of fused-ring (bicyclic) bond motifs is 1. The molecule has 1 N–H and O–H groups in total. The number of anilines is 1. The zero-order valence-electron chi connectivity index (χ0n) is 14.6. The molecule has 4 rings (SSSR count). The molecule has 1 aromatic heterocycles. The Bertz CT molecular complexity index is 894. The second kappa shape index (κ2) is 7.50. The summed E-state index contributed by atoms with van der Waals surface area (Å²) in [6.45, 7) is 2.72. The van der Waals surface area contributed by atoms with Crippen molar-refractivity contribution in [1.82, 2.24) is 9.88 Å². The molecule has 4 heteroatoms. The normalized spacial score (nSPS) is 13.8. The molecule has 0 fully saturated rings. The Balaban J connectivity index is 1.51. The van der Waals surface area contributed by atoms with E-state index in [1.54, 1.807) is 0 Å². The molecule has 0 aliphatic carbocycles. The van der Waals surface area contributed by atoms with Crippen LogP contribution in [0.2, 0.25) is 0 Å². The van der Waals surface area contributed by atoms with Crippen LogP contribution in [0.3, 0.4) is 0 Å². The number of para-hydroxylation sites is 1. The highest BCUT2D eigenvalue weighted by molar-refractivity contribution is 6.05. The van der Waals surface area contributed by atoms with E-state index < -0.39 is 0 Å². The minimum absolute atomic E-state index is 0.0318. The van der Waals surface area contributed by atoms with Crippen LogP contribution in [0.1, 0.15) is 27.0 Å². The molecule has 1 aliphatic rings. The lowest BCUT2D eigenvalue weighted by Crippen LogP contribution is -2.31. The SMILES string of the molecule is O=C(Nc1ccccc1)c1cccc2c1CCN(Cc1ccncc1)C2. The van der Waals surface area contributed by atoms with Crippen molar-refractivity contribution in [1.29, 1.82) is 0 Å². The molecule has 0 bridgehead atoms. The van der Waals surface area contributed by atoms with Crippen molar-refractivity contribution in [2.24, 2.45) is 0 Å². The number of nitrogens with zero attached hydrogens (tertiary/aromatic N) is 2. The molecule has 3 aromatic rings. The van der Waals surface area contributed by atoms with E-state index in [1.165, 1.54) is 16.7 Å². The average Bonchev–Trinajstić information content (AvgIpc) is 2.69. The molecule has 0 saturated carbocycles. The second-order valence-corrected chi connectivity index (χ2v) is 6.58. The highest BCUT2D eigenvalue weighted by atomic mass is 16.1. The highest BCUT2D eigenvalue weighted by Gasteiger charge is 2.21. The quantitative estimate of drug-likeness (QED) is 0.782. The monoisotopic (exact) mass is 343 g/mol. The van der Waals surface area contributed by atoms with Crippen LogP contribution in [0.5, 0.6) is 0 Å². The summed E-state index contributed by atoms with van der Waals surface area (Å²) in [5.41, 5.74) is 5.29. The smallest absolute Gasteiger partial charge is 0.255 e. The van der Waals surface area contributed by atoms with Gasteiger partial charge in [-0.25, -0.2) is 0 Å². The van der Waals surface area contributed by atoms with Gasteiger partial charge in [0.25, 0.3) is 5.91 Å². The molecular formula is C22H21N3O. The molecular weight excluding hydrogens is 322 g/mol. The number of rotatable bonds is 4. The molecule has 0 unspecified atom stereocenters. The minimum Gasteiger partial charge on any atom is -0.322 e. The van der Waals surface area contributed by atoms with Gasteiger partial charge in [0.15, 0.2) is 0 Å². The van der Waals surface area contributed by atoms with Crippen molar-refractivity contribution in [3.63, 3.8) is 0 Å². The van der Waals surface area contributed by atoms with E-state index in [4.69, 9.17) is 0 Å². The third-order valence-corrected chi connectivity index (χ3v) is 4.78. The Labute approximate surface area is 153 Å². The first kappa shape index (κ1) is 16.5. The van der Waals surface area contributed by atoms with Gasteiger partial charge in [0, 0.05) is 43.3 Å². The Morgan fingerprint density at radius 3 is 2.62 bits per heavy atom. The molecule has 0 radical (unpaired) electrons. The average molecular weight is 343 g/mol. The van der Waals surface area contributed by atoms with Gasteiger partial charge in [-0.3, -0.25) is 14.7 Å². The van der Waals surface area contributed by atoms with Crippen molar-refractivity contribution in [3.8, 4) is 0 Å². The summed E-state index contributed by atoms with van der Waals surface area (Å²) in [5.74, 6) is -0.0318. The van der Waals surface area contributed by atoms with Gasteiger partial charge in [-0.15, -0.1) is 0 Å². The number of carbonyl (C=O) groups is 1. The van der Waals surface area contributed by atoms with Crippen LogP contribution < -0.4 is 5.32 Å². The summed E-state index contributed by atoms with van der Waals surface area (Å²) in [6.07, 6.45) is 4.55. The van der Waals surface area contributed by atoms with E-state index in [2.05, 4.69) is 33.4 Å². The van der Waals surface area contributed by atoms with Gasteiger partial charge in [0.05, 0.1) is 0 Å². The predicted octanol–water partition coefficient (Wildman–Crippen LogP) is 3.89. The first-order chi connectivity index (χ1) is 12.8. The number of nitrogens with one attached hydrogen (secondary N) is 1. The molecule has 26 heavy (non-hydrogen) atoms. The number of aromatic nitrogens is 1. The van der Waals surface area contributed by atoms with Crippen molar-refractivity contribution >= 4 is 11.6 Å². The van der Waals surface area contributed by atoms with E-state index in [1.807, 2.05) is 54.9 Å². The van der Waals surface area contributed by atoms with E-state index >= 15 is 0 Å². The molecule has 1 aliphatic heterocycles. The number of carbonyl (C=O) groups excluding carboxylic acids is 1. The summed E-state index contributed by atoms with van der Waals surface area (Å²) in [5, 5.41) is 3.00. The molecule has 2 heterocycles. The van der Waals surface area contributed by atoms with Crippen LogP contribution in [0, 0.1) is 0 Å². The number of hydrogen-bond acceptors (Lipinski definition) is 3. The standard InChI is InChI=1S/C22H21N3O/c26-22(24-19-6-2-1-3-7-19)21-8-4-5-18-16-25(14-11-20(18)21)15-17-9-12-23-13-10-17/h1-10,12-13H,11,14-16H2,(H,24,26). The van der Waals surface area contributed by atoms with Crippen LogP contribution in [0.4, 0.5) is 5.69 Å².